The molecule has 34 heavy (non-hydrogen) atoms. The van der Waals surface area contributed by atoms with Gasteiger partial charge in [0.2, 0.25) is 0 Å². The molecule has 1 fully saturated rings. The van der Waals surface area contributed by atoms with Crippen LogP contribution in [-0.2, 0) is 24.2 Å². The molecule has 0 saturated heterocycles. The van der Waals surface area contributed by atoms with Crippen LogP contribution in [-0.4, -0.2) is 46.4 Å². The second kappa shape index (κ2) is 10.8. The van der Waals surface area contributed by atoms with Crippen molar-refractivity contribution in [3.05, 3.63) is 70.8 Å². The van der Waals surface area contributed by atoms with Gasteiger partial charge in [-0.3, -0.25) is 4.79 Å². The van der Waals surface area contributed by atoms with Crippen molar-refractivity contribution >= 4 is 11.8 Å². The molecule has 3 atom stereocenters. The molecule has 0 radical (unpaired) electrons. The van der Waals surface area contributed by atoms with Gasteiger partial charge in [0.25, 0.3) is 0 Å². The summed E-state index contributed by atoms with van der Waals surface area (Å²) in [6.07, 6.45) is 5.94. The van der Waals surface area contributed by atoms with Gasteiger partial charge >= 0.3 is 5.97 Å². The Bertz CT molecular complexity index is 1060. The maximum absolute atomic E-state index is 12.5. The van der Waals surface area contributed by atoms with Gasteiger partial charge < -0.3 is 24.8 Å². The summed E-state index contributed by atoms with van der Waals surface area (Å²) in [4.78, 5) is 23.5. The average molecular weight is 467 g/mol. The number of carbonyl (C=O) groups is 2. The predicted molar refractivity (Wildman–Crippen MR) is 125 cm³/mol. The molecule has 7 nitrogen and oxygen atoms in total. The van der Waals surface area contributed by atoms with Gasteiger partial charge in [0.1, 0.15) is 19.0 Å². The van der Waals surface area contributed by atoms with Crippen molar-refractivity contribution in [1.29, 1.82) is 0 Å². The van der Waals surface area contributed by atoms with Gasteiger partial charge in [0.15, 0.2) is 11.5 Å². The number of ether oxygens (including phenoxy) is 2. The highest BCUT2D eigenvalue weighted by Gasteiger charge is 2.32. The summed E-state index contributed by atoms with van der Waals surface area (Å²) in [5.74, 6) is 0.466. The molecule has 4 rings (SSSR count). The van der Waals surface area contributed by atoms with Gasteiger partial charge in [-0.25, -0.2) is 4.79 Å². The SMILES string of the molecule is O=C(O)c1ccc(CCC2C(=O)CCC2C=CC(O)Cc2cc3c(cc2CO)OCCO3)cc1. The topological polar surface area (TPSA) is 113 Å². The Morgan fingerprint density at radius 2 is 1.76 bits per heavy atom. The standard InChI is InChI=1S/C27H30O7/c28-16-21-15-26-25(33-11-12-34-26)14-20(21)13-22(29)8-6-18-7-10-24(30)23(18)9-3-17-1-4-19(5-2-17)27(31)32/h1-2,4-6,8,14-15,18,22-23,28-29H,3,7,9-13,16H2,(H,31,32). The molecule has 0 aromatic heterocycles. The normalized spacial score (nSPS) is 20.6. The lowest BCUT2D eigenvalue weighted by Gasteiger charge is -2.21. The zero-order valence-electron chi connectivity index (χ0n) is 19.0. The maximum Gasteiger partial charge on any atom is 0.335 e. The molecule has 2 aliphatic rings. The number of aliphatic hydroxyl groups is 2. The number of carboxylic acids is 1. The van der Waals surface area contributed by atoms with E-state index in [-0.39, 0.29) is 29.8 Å². The Hall–Kier alpha value is -3.16. The summed E-state index contributed by atoms with van der Waals surface area (Å²) in [6.45, 7) is 0.778. The van der Waals surface area contributed by atoms with E-state index in [1.54, 1.807) is 36.4 Å². The van der Waals surface area contributed by atoms with Gasteiger partial charge in [-0.15, -0.1) is 0 Å². The molecule has 0 amide bonds. The molecular weight excluding hydrogens is 436 g/mol. The number of fused-ring (bicyclic) bond motifs is 1. The number of rotatable bonds is 9. The van der Waals surface area contributed by atoms with Crippen molar-refractivity contribution in [3.63, 3.8) is 0 Å². The van der Waals surface area contributed by atoms with Crippen LogP contribution in [0.3, 0.4) is 0 Å². The lowest BCUT2D eigenvalue weighted by atomic mass is 9.88. The summed E-state index contributed by atoms with van der Waals surface area (Å²) in [5, 5.41) is 29.4. The third-order valence-corrected chi connectivity index (χ3v) is 6.64. The van der Waals surface area contributed by atoms with E-state index in [2.05, 4.69) is 0 Å². The molecule has 1 aliphatic heterocycles. The van der Waals surface area contributed by atoms with Crippen LogP contribution >= 0.6 is 0 Å². The van der Waals surface area contributed by atoms with Crippen LogP contribution in [0.25, 0.3) is 0 Å². The summed E-state index contributed by atoms with van der Waals surface area (Å²) in [6, 6.07) is 10.3. The van der Waals surface area contributed by atoms with Crippen LogP contribution in [0.15, 0.2) is 48.6 Å². The van der Waals surface area contributed by atoms with Crippen molar-refractivity contribution in [3.8, 4) is 11.5 Å². The Labute approximate surface area is 198 Å². The first-order chi connectivity index (χ1) is 16.4. The van der Waals surface area contributed by atoms with E-state index in [9.17, 15) is 19.8 Å². The van der Waals surface area contributed by atoms with Gasteiger partial charge in [0, 0.05) is 18.8 Å². The van der Waals surface area contributed by atoms with Crippen LogP contribution in [0.4, 0.5) is 0 Å². The number of Topliss-reactive ketones (excluding diaryl/α,β-unsaturated/α-hetero) is 1. The van der Waals surface area contributed by atoms with E-state index in [4.69, 9.17) is 14.6 Å². The molecule has 7 heteroatoms. The molecule has 2 aromatic carbocycles. The fourth-order valence-electron chi connectivity index (χ4n) is 4.75. The lowest BCUT2D eigenvalue weighted by Crippen LogP contribution is -2.17. The number of aromatic carboxylic acids is 1. The Balaban J connectivity index is 1.37. The molecule has 3 unspecified atom stereocenters. The predicted octanol–water partition coefficient (Wildman–Crippen LogP) is 3.34. The minimum atomic E-state index is -0.955. The lowest BCUT2D eigenvalue weighted by molar-refractivity contribution is -0.121. The number of ketones is 1. The minimum absolute atomic E-state index is 0.0676. The first-order valence-electron chi connectivity index (χ1n) is 11.7. The summed E-state index contributed by atoms with van der Waals surface area (Å²) in [7, 11) is 0. The zero-order valence-corrected chi connectivity index (χ0v) is 19.0. The quantitative estimate of drug-likeness (QED) is 0.486. The zero-order chi connectivity index (χ0) is 24.1. The van der Waals surface area contributed by atoms with E-state index in [1.807, 2.05) is 12.1 Å². The van der Waals surface area contributed by atoms with Crippen LogP contribution in [0.5, 0.6) is 11.5 Å². The average Bonchev–Trinajstić information content (AvgIpc) is 3.20. The van der Waals surface area contributed by atoms with E-state index in [0.29, 0.717) is 56.0 Å². The van der Waals surface area contributed by atoms with Gasteiger partial charge in [0.05, 0.1) is 18.3 Å². The number of aliphatic hydroxyl groups excluding tert-OH is 2. The smallest absolute Gasteiger partial charge is 0.335 e. The summed E-state index contributed by atoms with van der Waals surface area (Å²) < 4.78 is 11.2. The summed E-state index contributed by atoms with van der Waals surface area (Å²) >= 11 is 0. The largest absolute Gasteiger partial charge is 0.486 e. The highest BCUT2D eigenvalue weighted by atomic mass is 16.6. The van der Waals surface area contributed by atoms with E-state index in [1.165, 1.54) is 0 Å². The van der Waals surface area contributed by atoms with E-state index >= 15 is 0 Å². The van der Waals surface area contributed by atoms with Crippen LogP contribution in [0.2, 0.25) is 0 Å². The van der Waals surface area contributed by atoms with Gasteiger partial charge in [-0.05, 0) is 66.1 Å². The molecule has 2 aromatic rings. The molecular formula is C27H30O7. The van der Waals surface area contributed by atoms with Crippen molar-refractivity contribution < 1.29 is 34.4 Å². The number of hydrogen-bond acceptors (Lipinski definition) is 6. The summed E-state index contributed by atoms with van der Waals surface area (Å²) in [5.41, 5.74) is 2.74. The third-order valence-electron chi connectivity index (χ3n) is 6.64. The van der Waals surface area contributed by atoms with Gasteiger partial charge in [-0.1, -0.05) is 24.3 Å². The second-order valence-corrected chi connectivity index (χ2v) is 8.90. The molecule has 0 spiro atoms. The molecule has 0 bridgehead atoms. The maximum atomic E-state index is 12.5. The fraction of sp³-hybridized carbons (Fsp3) is 0.407. The molecule has 1 heterocycles. The Kier molecular flexibility index (Phi) is 7.65. The van der Waals surface area contributed by atoms with Crippen LogP contribution in [0.1, 0.15) is 46.3 Å². The Morgan fingerprint density at radius 1 is 1.09 bits per heavy atom. The molecule has 1 aliphatic carbocycles. The second-order valence-electron chi connectivity index (χ2n) is 8.90. The van der Waals surface area contributed by atoms with Crippen LogP contribution < -0.4 is 9.47 Å². The highest BCUT2D eigenvalue weighted by Crippen LogP contribution is 2.35. The highest BCUT2D eigenvalue weighted by molar-refractivity contribution is 5.87. The van der Waals surface area contributed by atoms with Crippen molar-refractivity contribution in [2.24, 2.45) is 11.8 Å². The first kappa shape index (κ1) is 24.0. The Morgan fingerprint density at radius 3 is 2.41 bits per heavy atom. The molecule has 3 N–H and O–H groups in total. The minimum Gasteiger partial charge on any atom is -0.486 e. The number of aryl methyl sites for hydroxylation is 1. The fourth-order valence-corrected chi connectivity index (χ4v) is 4.75. The van der Waals surface area contributed by atoms with Crippen molar-refractivity contribution in [2.45, 2.75) is 44.8 Å². The van der Waals surface area contributed by atoms with Crippen LogP contribution in [0, 0.1) is 11.8 Å². The van der Waals surface area contributed by atoms with Gasteiger partial charge in [-0.2, -0.15) is 0 Å². The van der Waals surface area contributed by atoms with Crippen molar-refractivity contribution in [2.75, 3.05) is 13.2 Å². The van der Waals surface area contributed by atoms with Crippen molar-refractivity contribution in [1.82, 2.24) is 0 Å². The number of carboxylic acid groups (broad SMARTS) is 1. The van der Waals surface area contributed by atoms with E-state index < -0.39 is 12.1 Å². The number of carbonyl (C=O) groups excluding carboxylic acids is 1. The molecule has 180 valence electrons. The number of allylic oxidation sites excluding steroid dienone is 1. The molecule has 1 saturated carbocycles. The third kappa shape index (κ3) is 5.66. The number of benzene rings is 2. The first-order valence-corrected chi connectivity index (χ1v) is 11.7. The van der Waals surface area contributed by atoms with E-state index in [0.717, 1.165) is 17.5 Å². The monoisotopic (exact) mass is 466 g/mol. The number of hydrogen-bond donors (Lipinski definition) is 3.